The summed E-state index contributed by atoms with van der Waals surface area (Å²) in [6.07, 6.45) is 12.3. The smallest absolute Gasteiger partial charge is 0.307 e. The monoisotopic (exact) mass is 444 g/mol. The molecule has 4 atom stereocenters. The Balaban J connectivity index is 1.39. The van der Waals surface area contributed by atoms with Gasteiger partial charge in [-0.15, -0.1) is 11.3 Å². The number of carboxylic acids is 1. The topological polar surface area (TPSA) is 95.5 Å². The van der Waals surface area contributed by atoms with Crippen LogP contribution in [0, 0.1) is 23.7 Å². The van der Waals surface area contributed by atoms with E-state index in [9.17, 15) is 19.5 Å². The summed E-state index contributed by atoms with van der Waals surface area (Å²) in [5.41, 5.74) is 1.75. The first kappa shape index (κ1) is 21.0. The SMILES string of the molecule is O=C(NC1CCCCC1)c1c(NC(=O)[C@@H]2[C@H]3CC[C@@H](C3)[C@@H]2C(=O)O)sc2c1CCCC2. The highest BCUT2D eigenvalue weighted by atomic mass is 32.1. The van der Waals surface area contributed by atoms with E-state index in [1.54, 1.807) is 0 Å². The summed E-state index contributed by atoms with van der Waals surface area (Å²) in [4.78, 5) is 39.7. The Morgan fingerprint density at radius 2 is 1.58 bits per heavy atom. The van der Waals surface area contributed by atoms with Crippen LogP contribution in [0.1, 0.15) is 85.0 Å². The second-order valence-electron chi connectivity index (χ2n) is 9.94. The number of fused-ring (bicyclic) bond motifs is 3. The van der Waals surface area contributed by atoms with Crippen LogP contribution in [0.2, 0.25) is 0 Å². The Morgan fingerprint density at radius 1 is 0.871 bits per heavy atom. The van der Waals surface area contributed by atoms with E-state index in [-0.39, 0.29) is 29.7 Å². The van der Waals surface area contributed by atoms with Crippen LogP contribution in [0.4, 0.5) is 5.00 Å². The molecule has 2 amide bonds. The zero-order valence-electron chi connectivity index (χ0n) is 18.0. The molecule has 2 bridgehead atoms. The first-order chi connectivity index (χ1) is 15.0. The fourth-order valence-corrected chi connectivity index (χ4v) is 7.91. The third-order valence-electron chi connectivity index (χ3n) is 8.08. The summed E-state index contributed by atoms with van der Waals surface area (Å²) in [5, 5.41) is 16.7. The summed E-state index contributed by atoms with van der Waals surface area (Å²) in [7, 11) is 0. The lowest BCUT2D eigenvalue weighted by molar-refractivity contribution is -0.148. The van der Waals surface area contributed by atoms with Gasteiger partial charge in [0.2, 0.25) is 5.91 Å². The van der Waals surface area contributed by atoms with Crippen LogP contribution in [0.25, 0.3) is 0 Å². The van der Waals surface area contributed by atoms with Crippen LogP contribution in [0.5, 0.6) is 0 Å². The first-order valence-electron chi connectivity index (χ1n) is 12.0. The number of carboxylic acid groups (broad SMARTS) is 1. The van der Waals surface area contributed by atoms with Gasteiger partial charge in [0.15, 0.2) is 0 Å². The van der Waals surface area contributed by atoms with E-state index in [0.29, 0.717) is 10.6 Å². The van der Waals surface area contributed by atoms with Gasteiger partial charge < -0.3 is 15.7 Å². The van der Waals surface area contributed by atoms with Crippen molar-refractivity contribution >= 4 is 34.1 Å². The molecule has 0 saturated heterocycles. The number of carbonyl (C=O) groups excluding carboxylic acids is 2. The molecule has 3 N–H and O–H groups in total. The van der Waals surface area contributed by atoms with Gasteiger partial charge in [0.1, 0.15) is 5.00 Å². The average Bonchev–Trinajstić information content (AvgIpc) is 3.46. The average molecular weight is 445 g/mol. The molecule has 0 aromatic carbocycles. The molecule has 7 heteroatoms. The number of aliphatic carboxylic acids is 1. The fraction of sp³-hybridized carbons (Fsp3) is 0.708. The molecule has 4 aliphatic rings. The van der Waals surface area contributed by atoms with Crippen molar-refractivity contribution < 1.29 is 19.5 Å². The zero-order valence-corrected chi connectivity index (χ0v) is 18.8. The van der Waals surface area contributed by atoms with Crippen molar-refractivity contribution in [3.8, 4) is 0 Å². The number of amides is 2. The van der Waals surface area contributed by atoms with Crippen LogP contribution in [0.15, 0.2) is 0 Å². The summed E-state index contributed by atoms with van der Waals surface area (Å²) in [6.45, 7) is 0. The maximum Gasteiger partial charge on any atom is 0.307 e. The van der Waals surface area contributed by atoms with E-state index in [1.165, 1.54) is 22.6 Å². The fourth-order valence-electron chi connectivity index (χ4n) is 6.62. The molecule has 31 heavy (non-hydrogen) atoms. The zero-order chi connectivity index (χ0) is 21.5. The summed E-state index contributed by atoms with van der Waals surface area (Å²) in [6, 6.07) is 0.214. The maximum absolute atomic E-state index is 13.3. The third kappa shape index (κ3) is 3.90. The molecule has 4 aliphatic carbocycles. The van der Waals surface area contributed by atoms with Gasteiger partial charge in [0.05, 0.1) is 17.4 Å². The summed E-state index contributed by atoms with van der Waals surface area (Å²) in [5.74, 6) is -1.93. The van der Waals surface area contributed by atoms with Gasteiger partial charge in [-0.3, -0.25) is 14.4 Å². The third-order valence-corrected chi connectivity index (χ3v) is 9.29. The van der Waals surface area contributed by atoms with Crippen molar-refractivity contribution in [1.29, 1.82) is 0 Å². The highest BCUT2D eigenvalue weighted by Crippen LogP contribution is 2.53. The number of hydrogen-bond donors (Lipinski definition) is 3. The second-order valence-corrected chi connectivity index (χ2v) is 11.0. The van der Waals surface area contributed by atoms with E-state index >= 15 is 0 Å². The van der Waals surface area contributed by atoms with Crippen molar-refractivity contribution in [1.82, 2.24) is 5.32 Å². The maximum atomic E-state index is 13.3. The van der Waals surface area contributed by atoms with Gasteiger partial charge in [0.25, 0.3) is 5.91 Å². The molecule has 6 nitrogen and oxygen atoms in total. The molecule has 0 unspecified atom stereocenters. The van der Waals surface area contributed by atoms with Gasteiger partial charge in [-0.05, 0) is 75.2 Å². The van der Waals surface area contributed by atoms with Crippen LogP contribution < -0.4 is 10.6 Å². The quantitative estimate of drug-likeness (QED) is 0.628. The molecule has 3 fully saturated rings. The van der Waals surface area contributed by atoms with Crippen molar-refractivity contribution in [2.75, 3.05) is 5.32 Å². The van der Waals surface area contributed by atoms with Crippen LogP contribution in [-0.4, -0.2) is 28.9 Å². The lowest BCUT2D eigenvalue weighted by Gasteiger charge is -2.27. The largest absolute Gasteiger partial charge is 0.481 e. The van der Waals surface area contributed by atoms with Crippen LogP contribution in [0.3, 0.4) is 0 Å². The van der Waals surface area contributed by atoms with Crippen LogP contribution in [-0.2, 0) is 22.4 Å². The minimum Gasteiger partial charge on any atom is -0.481 e. The van der Waals surface area contributed by atoms with E-state index in [4.69, 9.17) is 0 Å². The normalized spacial score (nSPS) is 30.1. The van der Waals surface area contributed by atoms with Gasteiger partial charge in [-0.25, -0.2) is 0 Å². The van der Waals surface area contributed by atoms with Gasteiger partial charge in [-0.1, -0.05) is 19.3 Å². The first-order valence-corrected chi connectivity index (χ1v) is 12.8. The standard InChI is InChI=1S/C24H32N2O4S/c27-21(18-13-10-11-14(12-13)19(18)24(29)30)26-23-20(16-8-4-5-9-17(16)31-23)22(28)25-15-6-2-1-3-7-15/h13-15,18-19H,1-12H2,(H,25,28)(H,26,27)(H,29,30)/t13-,14-,18+,19-/m0/s1. The van der Waals surface area contributed by atoms with E-state index in [0.717, 1.165) is 76.2 Å². The number of anilines is 1. The van der Waals surface area contributed by atoms with Crippen molar-refractivity contribution in [2.24, 2.45) is 23.7 Å². The molecule has 3 saturated carbocycles. The molecule has 0 radical (unpaired) electrons. The number of nitrogens with one attached hydrogen (secondary N) is 2. The highest BCUT2D eigenvalue weighted by molar-refractivity contribution is 7.17. The van der Waals surface area contributed by atoms with Crippen molar-refractivity contribution in [2.45, 2.75) is 83.1 Å². The Bertz CT molecular complexity index is 888. The Labute approximate surface area is 187 Å². The number of aryl methyl sites for hydroxylation is 1. The molecule has 0 spiro atoms. The van der Waals surface area contributed by atoms with Crippen LogP contribution >= 0.6 is 11.3 Å². The number of thiophene rings is 1. The van der Waals surface area contributed by atoms with Crippen molar-refractivity contribution in [3.63, 3.8) is 0 Å². The van der Waals surface area contributed by atoms with Gasteiger partial charge >= 0.3 is 5.97 Å². The molecule has 0 aliphatic heterocycles. The molecule has 1 heterocycles. The van der Waals surface area contributed by atoms with Gasteiger partial charge in [-0.2, -0.15) is 0 Å². The highest BCUT2D eigenvalue weighted by Gasteiger charge is 2.54. The molecular weight excluding hydrogens is 412 g/mol. The molecular formula is C24H32N2O4S. The molecule has 1 aromatic heterocycles. The van der Waals surface area contributed by atoms with Gasteiger partial charge in [0, 0.05) is 10.9 Å². The lowest BCUT2D eigenvalue weighted by Crippen LogP contribution is -2.39. The predicted molar refractivity (Wildman–Crippen MR) is 119 cm³/mol. The Hall–Kier alpha value is -1.89. The van der Waals surface area contributed by atoms with Crippen molar-refractivity contribution in [3.05, 3.63) is 16.0 Å². The van der Waals surface area contributed by atoms with E-state index in [1.807, 2.05) is 0 Å². The second kappa shape index (κ2) is 8.57. The number of carbonyl (C=O) groups is 3. The molecule has 5 rings (SSSR count). The molecule has 168 valence electrons. The summed E-state index contributed by atoms with van der Waals surface area (Å²) >= 11 is 1.53. The predicted octanol–water partition coefficient (Wildman–Crippen LogP) is 4.37. The summed E-state index contributed by atoms with van der Waals surface area (Å²) < 4.78 is 0. The minimum absolute atomic E-state index is 0.0654. The Morgan fingerprint density at radius 3 is 2.32 bits per heavy atom. The van der Waals surface area contributed by atoms with E-state index in [2.05, 4.69) is 10.6 Å². The lowest BCUT2D eigenvalue weighted by atomic mass is 9.78. The minimum atomic E-state index is -0.854. The number of rotatable bonds is 5. The van der Waals surface area contributed by atoms with E-state index < -0.39 is 17.8 Å². The molecule has 1 aromatic rings. The Kier molecular flexibility index (Phi) is 5.80. The number of hydrogen-bond acceptors (Lipinski definition) is 4.